The molecule has 0 radical (unpaired) electrons. The third-order valence-electron chi connectivity index (χ3n) is 2.95. The summed E-state index contributed by atoms with van der Waals surface area (Å²) in [5.41, 5.74) is 0.534. The Balaban J connectivity index is 2.17. The Morgan fingerprint density at radius 2 is 2.14 bits per heavy atom. The summed E-state index contributed by atoms with van der Waals surface area (Å²) in [4.78, 5) is 35.3. The number of hydrogen-bond donors (Lipinski definition) is 1. The summed E-state index contributed by atoms with van der Waals surface area (Å²) < 4.78 is 4.95. The van der Waals surface area contributed by atoms with Crippen LogP contribution in [0.3, 0.4) is 0 Å². The first kappa shape index (κ1) is 14.5. The van der Waals surface area contributed by atoms with Crippen molar-refractivity contribution >= 4 is 23.9 Å². The minimum Gasteiger partial charge on any atom is -0.496 e. The van der Waals surface area contributed by atoms with E-state index in [9.17, 15) is 14.4 Å². The van der Waals surface area contributed by atoms with Crippen LogP contribution in [0.15, 0.2) is 36.4 Å². The molecule has 1 aromatic rings. The van der Waals surface area contributed by atoms with E-state index < -0.39 is 11.9 Å². The van der Waals surface area contributed by atoms with Crippen molar-refractivity contribution in [3.63, 3.8) is 0 Å². The highest BCUT2D eigenvalue weighted by Crippen LogP contribution is 2.20. The number of carboxylic acid groups (broad SMARTS) is 1. The fourth-order valence-electron chi connectivity index (χ4n) is 1.89. The average Bonchev–Trinajstić information content (AvgIpc) is 2.90. The first-order valence-electron chi connectivity index (χ1n) is 6.14. The predicted molar refractivity (Wildman–Crippen MR) is 74.8 cm³/mol. The van der Waals surface area contributed by atoms with Gasteiger partial charge in [0.1, 0.15) is 11.3 Å². The first-order chi connectivity index (χ1) is 10.0. The zero-order valence-corrected chi connectivity index (χ0v) is 11.3. The number of methoxy groups -OCH3 is 1. The van der Waals surface area contributed by atoms with E-state index in [2.05, 4.69) is 0 Å². The molecule has 0 atom stereocenters. The van der Waals surface area contributed by atoms with Crippen LogP contribution in [0.4, 0.5) is 0 Å². The Hall–Kier alpha value is -2.89. The zero-order chi connectivity index (χ0) is 15.4. The van der Waals surface area contributed by atoms with Gasteiger partial charge in [-0.1, -0.05) is 12.1 Å². The molecule has 1 N–H and O–H groups in total. The third-order valence-corrected chi connectivity index (χ3v) is 2.95. The van der Waals surface area contributed by atoms with Crippen LogP contribution >= 0.6 is 0 Å². The second-order valence-corrected chi connectivity index (χ2v) is 4.29. The topological polar surface area (TPSA) is 83.9 Å². The fourth-order valence-corrected chi connectivity index (χ4v) is 1.89. The molecular formula is C15H13NO5. The Labute approximate surface area is 120 Å². The number of nitrogens with zero attached hydrogens (tertiary/aromatic N) is 1. The molecule has 0 saturated carbocycles. The number of carbonyl (C=O) groups excluding carboxylic acids is 2. The SMILES string of the molecule is COc1ccc(C=CC(=O)N2CC=CC2=O)cc1C(=O)O. The van der Waals surface area contributed by atoms with Gasteiger partial charge in [0.15, 0.2) is 0 Å². The zero-order valence-electron chi connectivity index (χ0n) is 11.3. The summed E-state index contributed by atoms with van der Waals surface area (Å²) in [5.74, 6) is -1.68. The van der Waals surface area contributed by atoms with E-state index in [-0.39, 0.29) is 23.8 Å². The van der Waals surface area contributed by atoms with Gasteiger partial charge in [-0.05, 0) is 23.8 Å². The fraction of sp³-hybridized carbons (Fsp3) is 0.133. The molecule has 2 amide bonds. The van der Waals surface area contributed by atoms with Crippen molar-refractivity contribution in [2.75, 3.05) is 13.7 Å². The van der Waals surface area contributed by atoms with Gasteiger partial charge in [-0.15, -0.1) is 0 Å². The predicted octanol–water partition coefficient (Wildman–Crippen LogP) is 1.33. The highest BCUT2D eigenvalue weighted by atomic mass is 16.5. The number of benzene rings is 1. The van der Waals surface area contributed by atoms with Gasteiger partial charge in [0.05, 0.1) is 7.11 Å². The monoisotopic (exact) mass is 287 g/mol. The largest absolute Gasteiger partial charge is 0.496 e. The second kappa shape index (κ2) is 6.04. The quantitative estimate of drug-likeness (QED) is 0.845. The normalized spacial score (nSPS) is 14.0. The molecule has 1 aliphatic heterocycles. The van der Waals surface area contributed by atoms with Crippen molar-refractivity contribution in [2.24, 2.45) is 0 Å². The van der Waals surface area contributed by atoms with Crippen LogP contribution in [0.2, 0.25) is 0 Å². The van der Waals surface area contributed by atoms with Gasteiger partial charge in [-0.2, -0.15) is 0 Å². The Bertz CT molecular complexity index is 660. The molecule has 0 aromatic heterocycles. The summed E-state index contributed by atoms with van der Waals surface area (Å²) in [5, 5.41) is 9.07. The molecule has 108 valence electrons. The average molecular weight is 287 g/mol. The summed E-state index contributed by atoms with van der Waals surface area (Å²) in [6, 6.07) is 4.53. The second-order valence-electron chi connectivity index (χ2n) is 4.29. The summed E-state index contributed by atoms with van der Waals surface area (Å²) in [6.07, 6.45) is 5.63. The lowest BCUT2D eigenvalue weighted by atomic mass is 10.1. The van der Waals surface area contributed by atoms with Crippen molar-refractivity contribution in [1.82, 2.24) is 4.90 Å². The van der Waals surface area contributed by atoms with Gasteiger partial charge in [0, 0.05) is 18.7 Å². The standard InChI is InChI=1S/C15H13NO5/c1-21-12-6-4-10(9-11(12)15(19)20)5-7-14(18)16-8-2-3-13(16)17/h2-7,9H,8H2,1H3,(H,19,20). The van der Waals surface area contributed by atoms with E-state index in [0.717, 1.165) is 4.90 Å². The number of imide groups is 1. The minimum absolute atomic E-state index is 0.00557. The number of carbonyl (C=O) groups is 3. The van der Waals surface area contributed by atoms with Crippen LogP contribution in [0, 0.1) is 0 Å². The molecule has 0 aliphatic carbocycles. The highest BCUT2D eigenvalue weighted by Gasteiger charge is 2.19. The Kier molecular flexibility index (Phi) is 4.18. The third kappa shape index (κ3) is 3.17. The maximum Gasteiger partial charge on any atom is 0.339 e. The molecule has 2 rings (SSSR count). The van der Waals surface area contributed by atoms with E-state index in [1.54, 1.807) is 12.1 Å². The molecule has 6 heteroatoms. The highest BCUT2D eigenvalue weighted by molar-refractivity contribution is 6.08. The van der Waals surface area contributed by atoms with E-state index in [0.29, 0.717) is 5.56 Å². The van der Waals surface area contributed by atoms with Crippen molar-refractivity contribution < 1.29 is 24.2 Å². The molecule has 0 saturated heterocycles. The molecule has 0 fully saturated rings. The van der Waals surface area contributed by atoms with Gasteiger partial charge in [0.2, 0.25) is 0 Å². The number of ether oxygens (including phenoxy) is 1. The van der Waals surface area contributed by atoms with Gasteiger partial charge in [-0.3, -0.25) is 14.5 Å². The van der Waals surface area contributed by atoms with Gasteiger partial charge in [-0.25, -0.2) is 4.79 Å². The van der Waals surface area contributed by atoms with E-state index in [1.165, 1.54) is 37.5 Å². The van der Waals surface area contributed by atoms with E-state index in [4.69, 9.17) is 9.84 Å². The molecule has 1 aromatic carbocycles. The van der Waals surface area contributed by atoms with Crippen molar-refractivity contribution in [1.29, 1.82) is 0 Å². The van der Waals surface area contributed by atoms with Crippen molar-refractivity contribution in [2.45, 2.75) is 0 Å². The maximum absolute atomic E-state index is 11.8. The molecule has 0 bridgehead atoms. The first-order valence-corrected chi connectivity index (χ1v) is 6.14. The van der Waals surface area contributed by atoms with Crippen LogP contribution in [0.5, 0.6) is 5.75 Å². The number of rotatable bonds is 4. The molecule has 0 unspecified atom stereocenters. The minimum atomic E-state index is -1.12. The van der Waals surface area contributed by atoms with Gasteiger partial charge >= 0.3 is 5.97 Å². The Morgan fingerprint density at radius 3 is 2.71 bits per heavy atom. The van der Waals surface area contributed by atoms with Crippen molar-refractivity contribution in [3.8, 4) is 5.75 Å². The van der Waals surface area contributed by atoms with Crippen LogP contribution in [0.25, 0.3) is 6.08 Å². The maximum atomic E-state index is 11.8. The molecule has 1 aliphatic rings. The van der Waals surface area contributed by atoms with Gasteiger partial charge in [0.25, 0.3) is 11.8 Å². The number of hydrogen-bond acceptors (Lipinski definition) is 4. The molecule has 1 heterocycles. The molecular weight excluding hydrogens is 274 g/mol. The lowest BCUT2D eigenvalue weighted by molar-refractivity contribution is -0.137. The number of amides is 2. The summed E-state index contributed by atoms with van der Waals surface area (Å²) in [7, 11) is 1.38. The molecule has 0 spiro atoms. The lowest BCUT2D eigenvalue weighted by Crippen LogP contribution is -2.30. The molecule has 6 nitrogen and oxygen atoms in total. The molecule has 21 heavy (non-hydrogen) atoms. The van der Waals surface area contributed by atoms with Crippen LogP contribution in [0.1, 0.15) is 15.9 Å². The van der Waals surface area contributed by atoms with Crippen molar-refractivity contribution in [3.05, 3.63) is 47.6 Å². The summed E-state index contributed by atoms with van der Waals surface area (Å²) >= 11 is 0. The van der Waals surface area contributed by atoms with Crippen LogP contribution in [-0.4, -0.2) is 41.4 Å². The van der Waals surface area contributed by atoms with E-state index in [1.807, 2.05) is 0 Å². The van der Waals surface area contributed by atoms with Crippen LogP contribution in [-0.2, 0) is 9.59 Å². The van der Waals surface area contributed by atoms with Crippen LogP contribution < -0.4 is 4.74 Å². The Morgan fingerprint density at radius 1 is 1.38 bits per heavy atom. The summed E-state index contributed by atoms with van der Waals surface area (Å²) in [6.45, 7) is 0.255. The lowest BCUT2D eigenvalue weighted by Gasteiger charge is -2.10. The van der Waals surface area contributed by atoms with E-state index >= 15 is 0 Å². The number of aromatic carboxylic acids is 1. The smallest absolute Gasteiger partial charge is 0.339 e. The van der Waals surface area contributed by atoms with Gasteiger partial charge < -0.3 is 9.84 Å². The number of carboxylic acids is 1.